The van der Waals surface area contributed by atoms with E-state index in [1.807, 2.05) is 12.3 Å². The van der Waals surface area contributed by atoms with E-state index in [1.165, 1.54) is 12.5 Å². The third kappa shape index (κ3) is 2.84. The Balaban J connectivity index is 1.77. The fourth-order valence-electron chi connectivity index (χ4n) is 2.83. The highest BCUT2D eigenvalue weighted by Crippen LogP contribution is 2.26. The molecule has 2 aromatic heterocycles. The molecule has 0 bridgehead atoms. The first kappa shape index (κ1) is 14.3. The van der Waals surface area contributed by atoms with E-state index in [-0.39, 0.29) is 12.0 Å². The molecule has 6 nitrogen and oxygen atoms in total. The Hall–Kier alpha value is -2.68. The number of aromatic amines is 1. The molecule has 0 saturated heterocycles. The lowest BCUT2D eigenvalue weighted by atomic mass is 9.87. The molecule has 3 N–H and O–H groups in total. The van der Waals surface area contributed by atoms with Crippen LogP contribution in [0, 0.1) is 17.2 Å². The molecule has 1 saturated carbocycles. The Morgan fingerprint density at radius 1 is 1.36 bits per heavy atom. The van der Waals surface area contributed by atoms with E-state index in [0.29, 0.717) is 0 Å². The fourth-order valence-corrected chi connectivity index (χ4v) is 2.83. The third-order valence-corrected chi connectivity index (χ3v) is 4.11. The molecule has 112 valence electrons. The van der Waals surface area contributed by atoms with Crippen LogP contribution in [-0.2, 0) is 0 Å². The van der Waals surface area contributed by atoms with Gasteiger partial charge in [-0.3, -0.25) is 4.99 Å². The van der Waals surface area contributed by atoms with Gasteiger partial charge in [-0.1, -0.05) is 0 Å². The van der Waals surface area contributed by atoms with Crippen LogP contribution in [0.2, 0.25) is 0 Å². The van der Waals surface area contributed by atoms with E-state index in [9.17, 15) is 0 Å². The highest BCUT2D eigenvalue weighted by Gasteiger charge is 2.19. The van der Waals surface area contributed by atoms with Gasteiger partial charge in [0.2, 0.25) is 0 Å². The Labute approximate surface area is 128 Å². The summed E-state index contributed by atoms with van der Waals surface area (Å²) in [6.45, 7) is 0. The SMILES string of the molecule is N#CC1CCC(N=CC(=CN)c2ncnc3[nH]ccc23)CC1. The second-order valence-electron chi connectivity index (χ2n) is 5.50. The number of nitrogens with zero attached hydrogens (tertiary/aromatic N) is 4. The van der Waals surface area contributed by atoms with E-state index in [0.717, 1.165) is 48.0 Å². The van der Waals surface area contributed by atoms with Gasteiger partial charge in [0, 0.05) is 35.5 Å². The molecule has 3 rings (SSSR count). The quantitative estimate of drug-likeness (QED) is 0.848. The molecule has 1 aliphatic rings. The first-order valence-electron chi connectivity index (χ1n) is 7.45. The number of aromatic nitrogens is 3. The second kappa shape index (κ2) is 6.39. The monoisotopic (exact) mass is 294 g/mol. The van der Waals surface area contributed by atoms with Crippen LogP contribution in [0.5, 0.6) is 0 Å². The van der Waals surface area contributed by atoms with Crippen LogP contribution < -0.4 is 5.73 Å². The molecule has 1 fully saturated rings. The van der Waals surface area contributed by atoms with E-state index in [2.05, 4.69) is 26.0 Å². The van der Waals surface area contributed by atoms with Crippen LogP contribution in [0.1, 0.15) is 31.4 Å². The molecule has 2 aromatic rings. The number of allylic oxidation sites excluding steroid dienone is 1. The summed E-state index contributed by atoms with van der Waals surface area (Å²) < 4.78 is 0. The summed E-state index contributed by atoms with van der Waals surface area (Å²) >= 11 is 0. The number of hydrogen-bond acceptors (Lipinski definition) is 5. The number of nitrogens with two attached hydrogens (primary N) is 1. The molecule has 0 amide bonds. The Morgan fingerprint density at radius 3 is 2.91 bits per heavy atom. The zero-order chi connectivity index (χ0) is 15.4. The fraction of sp³-hybridized carbons (Fsp3) is 0.375. The van der Waals surface area contributed by atoms with E-state index >= 15 is 0 Å². The molecular weight excluding hydrogens is 276 g/mol. The molecule has 0 aromatic carbocycles. The van der Waals surface area contributed by atoms with E-state index in [1.54, 1.807) is 6.21 Å². The van der Waals surface area contributed by atoms with Crippen molar-refractivity contribution in [2.45, 2.75) is 31.7 Å². The van der Waals surface area contributed by atoms with Gasteiger partial charge in [0.25, 0.3) is 0 Å². The number of fused-ring (bicyclic) bond motifs is 1. The molecular formula is C16H18N6. The van der Waals surface area contributed by atoms with Gasteiger partial charge in [0.1, 0.15) is 12.0 Å². The summed E-state index contributed by atoms with van der Waals surface area (Å²) in [6.07, 6.45) is 10.4. The molecule has 0 atom stereocenters. The number of nitriles is 1. The van der Waals surface area contributed by atoms with Crippen LogP contribution >= 0.6 is 0 Å². The lowest BCUT2D eigenvalue weighted by Gasteiger charge is -2.21. The van der Waals surface area contributed by atoms with Gasteiger partial charge in [-0.25, -0.2) is 9.97 Å². The van der Waals surface area contributed by atoms with Gasteiger partial charge in [0.05, 0.1) is 17.8 Å². The van der Waals surface area contributed by atoms with Crippen molar-refractivity contribution < 1.29 is 0 Å². The number of hydrogen-bond donors (Lipinski definition) is 2. The topological polar surface area (TPSA) is 104 Å². The Morgan fingerprint density at radius 2 is 2.18 bits per heavy atom. The first-order chi connectivity index (χ1) is 10.8. The normalized spacial score (nSPS) is 23.0. The summed E-state index contributed by atoms with van der Waals surface area (Å²) in [5.74, 6) is 0.192. The van der Waals surface area contributed by atoms with Crippen molar-refractivity contribution in [3.63, 3.8) is 0 Å². The standard InChI is InChI=1S/C16H18N6/c17-7-11-1-3-13(4-2-11)20-9-12(8-18)15-14-5-6-19-16(14)22-10-21-15/h5-6,8-11,13H,1-4,18H2,(H,19,21,22). The summed E-state index contributed by atoms with van der Waals surface area (Å²) in [4.78, 5) is 16.2. The molecule has 1 aliphatic carbocycles. The summed E-state index contributed by atoms with van der Waals surface area (Å²) in [7, 11) is 0. The third-order valence-electron chi connectivity index (χ3n) is 4.11. The van der Waals surface area contributed by atoms with Crippen LogP contribution in [0.15, 0.2) is 29.8 Å². The maximum Gasteiger partial charge on any atom is 0.141 e. The van der Waals surface area contributed by atoms with Crippen LogP contribution in [0.4, 0.5) is 0 Å². The molecule has 0 aliphatic heterocycles. The number of aliphatic imine (C=N–C) groups is 1. The first-order valence-corrected chi connectivity index (χ1v) is 7.45. The van der Waals surface area contributed by atoms with Gasteiger partial charge in [-0.05, 0) is 31.7 Å². The molecule has 22 heavy (non-hydrogen) atoms. The average Bonchev–Trinajstić information content (AvgIpc) is 3.05. The molecule has 0 unspecified atom stereocenters. The van der Waals surface area contributed by atoms with Crippen molar-refractivity contribution in [3.05, 3.63) is 30.5 Å². The van der Waals surface area contributed by atoms with Crippen LogP contribution in [-0.4, -0.2) is 27.2 Å². The minimum atomic E-state index is 0.192. The van der Waals surface area contributed by atoms with Crippen LogP contribution in [0.25, 0.3) is 16.6 Å². The van der Waals surface area contributed by atoms with Gasteiger partial charge >= 0.3 is 0 Å². The van der Waals surface area contributed by atoms with E-state index < -0.39 is 0 Å². The zero-order valence-electron chi connectivity index (χ0n) is 12.2. The van der Waals surface area contributed by atoms with Gasteiger partial charge in [-0.15, -0.1) is 0 Å². The van der Waals surface area contributed by atoms with Crippen molar-refractivity contribution in [1.82, 2.24) is 15.0 Å². The van der Waals surface area contributed by atoms with Crippen molar-refractivity contribution in [2.24, 2.45) is 16.6 Å². The van der Waals surface area contributed by atoms with Crippen LogP contribution in [0.3, 0.4) is 0 Å². The predicted octanol–water partition coefficient (Wildman–Crippen LogP) is 2.41. The van der Waals surface area contributed by atoms with Crippen molar-refractivity contribution in [2.75, 3.05) is 0 Å². The lowest BCUT2D eigenvalue weighted by Crippen LogP contribution is -2.16. The maximum absolute atomic E-state index is 8.93. The molecule has 0 radical (unpaired) electrons. The van der Waals surface area contributed by atoms with Gasteiger partial charge in [-0.2, -0.15) is 5.26 Å². The minimum Gasteiger partial charge on any atom is -0.404 e. The largest absolute Gasteiger partial charge is 0.404 e. The Kier molecular flexibility index (Phi) is 4.15. The second-order valence-corrected chi connectivity index (χ2v) is 5.50. The average molecular weight is 294 g/mol. The highest BCUT2D eigenvalue weighted by molar-refractivity contribution is 6.13. The minimum absolute atomic E-state index is 0.192. The van der Waals surface area contributed by atoms with E-state index in [4.69, 9.17) is 11.0 Å². The molecule has 2 heterocycles. The maximum atomic E-state index is 8.93. The smallest absolute Gasteiger partial charge is 0.141 e. The Bertz CT molecular complexity index is 743. The van der Waals surface area contributed by atoms with Crippen molar-refractivity contribution in [1.29, 1.82) is 5.26 Å². The lowest BCUT2D eigenvalue weighted by molar-refractivity contribution is 0.384. The zero-order valence-corrected chi connectivity index (χ0v) is 12.2. The summed E-state index contributed by atoms with van der Waals surface area (Å²) in [5.41, 5.74) is 8.11. The number of rotatable bonds is 3. The summed E-state index contributed by atoms with van der Waals surface area (Å²) in [6, 6.07) is 4.54. The van der Waals surface area contributed by atoms with Gasteiger partial charge in [0.15, 0.2) is 0 Å². The number of H-pyrrole nitrogens is 1. The molecule has 6 heteroatoms. The van der Waals surface area contributed by atoms with Crippen molar-refractivity contribution in [3.8, 4) is 6.07 Å². The number of nitrogens with one attached hydrogen (secondary N) is 1. The highest BCUT2D eigenvalue weighted by atomic mass is 14.9. The van der Waals surface area contributed by atoms with Crippen molar-refractivity contribution >= 4 is 22.8 Å². The predicted molar refractivity (Wildman–Crippen MR) is 85.9 cm³/mol. The summed E-state index contributed by atoms with van der Waals surface area (Å²) in [5, 5.41) is 9.86. The van der Waals surface area contributed by atoms with Gasteiger partial charge < -0.3 is 10.7 Å². The molecule has 0 spiro atoms.